The predicted molar refractivity (Wildman–Crippen MR) is 129 cm³/mol. The molecule has 0 saturated heterocycles. The fraction of sp³-hybridized carbons (Fsp3) is 0. The third kappa shape index (κ3) is 3.38. The number of amides is 1. The molecular weight excluding hydrogens is 434 g/mol. The van der Waals surface area contributed by atoms with Gasteiger partial charge in [0.25, 0.3) is 5.91 Å². The number of benzene rings is 5. The van der Waals surface area contributed by atoms with E-state index in [-0.39, 0.29) is 5.91 Å². The van der Waals surface area contributed by atoms with Gasteiger partial charge in [-0.3, -0.25) is 4.79 Å². The highest BCUT2D eigenvalue weighted by atomic mass is 79.9. The number of halogens is 1. The van der Waals surface area contributed by atoms with Gasteiger partial charge in [-0.2, -0.15) is 0 Å². The minimum atomic E-state index is -0.125. The van der Waals surface area contributed by atoms with Crippen LogP contribution in [-0.2, 0) is 0 Å². The summed E-state index contributed by atoms with van der Waals surface area (Å²) in [7, 11) is 0. The summed E-state index contributed by atoms with van der Waals surface area (Å²) in [6.07, 6.45) is 0. The van der Waals surface area contributed by atoms with Gasteiger partial charge in [0.15, 0.2) is 0 Å². The van der Waals surface area contributed by atoms with E-state index in [0.717, 1.165) is 21.3 Å². The van der Waals surface area contributed by atoms with Gasteiger partial charge in [-0.05, 0) is 63.5 Å². The number of nitrogens with one attached hydrogen (secondary N) is 1. The molecule has 0 fully saturated rings. The summed E-state index contributed by atoms with van der Waals surface area (Å²) in [5.41, 5.74) is 3.53. The fourth-order valence-electron chi connectivity index (χ4n) is 3.90. The van der Waals surface area contributed by atoms with Crippen LogP contribution in [0.3, 0.4) is 0 Å². The Morgan fingerprint density at radius 3 is 2.07 bits per heavy atom. The number of carbonyl (C=O) groups excluding carboxylic acids is 1. The van der Waals surface area contributed by atoms with Crippen LogP contribution in [-0.4, -0.2) is 5.91 Å². The van der Waals surface area contributed by atoms with Crippen molar-refractivity contribution in [2.75, 3.05) is 5.32 Å². The molecule has 5 aromatic carbocycles. The topological polar surface area (TPSA) is 29.1 Å². The second-order valence-electron chi connectivity index (χ2n) is 7.20. The molecule has 0 bridgehead atoms. The van der Waals surface area contributed by atoms with Crippen molar-refractivity contribution >= 4 is 49.1 Å². The van der Waals surface area contributed by atoms with Gasteiger partial charge in [0, 0.05) is 21.3 Å². The number of carbonyl (C=O) groups is 1. The Labute approximate surface area is 183 Å². The third-order valence-electron chi connectivity index (χ3n) is 5.34. The molecule has 0 saturated carbocycles. The first-order valence-corrected chi connectivity index (χ1v) is 10.6. The predicted octanol–water partition coefficient (Wildman–Crippen LogP) is 7.67. The molecule has 0 aliphatic heterocycles. The Kier molecular flexibility index (Phi) is 4.82. The Bertz CT molecular complexity index is 1390. The lowest BCUT2D eigenvalue weighted by molar-refractivity contribution is 0.102. The number of fused-ring (bicyclic) bond motifs is 3. The fourth-order valence-corrected chi connectivity index (χ4v) is 4.16. The zero-order chi connectivity index (χ0) is 20.5. The number of hydrogen-bond acceptors (Lipinski definition) is 1. The summed E-state index contributed by atoms with van der Waals surface area (Å²) >= 11 is 3.41. The number of hydrogen-bond donors (Lipinski definition) is 1. The van der Waals surface area contributed by atoms with Crippen molar-refractivity contribution in [1.82, 2.24) is 0 Å². The number of rotatable bonds is 3. The van der Waals surface area contributed by atoms with Crippen molar-refractivity contribution in [3.05, 3.63) is 113 Å². The minimum absolute atomic E-state index is 0.125. The monoisotopic (exact) mass is 451 g/mol. The van der Waals surface area contributed by atoms with Crippen LogP contribution in [0.4, 0.5) is 5.69 Å². The van der Waals surface area contributed by atoms with E-state index in [9.17, 15) is 4.79 Å². The first-order chi connectivity index (χ1) is 14.7. The van der Waals surface area contributed by atoms with E-state index in [4.69, 9.17) is 0 Å². The largest absolute Gasteiger partial charge is 0.321 e. The van der Waals surface area contributed by atoms with Gasteiger partial charge in [0.05, 0.1) is 0 Å². The van der Waals surface area contributed by atoms with E-state index in [0.29, 0.717) is 5.56 Å². The molecule has 1 amide bonds. The first kappa shape index (κ1) is 18.6. The van der Waals surface area contributed by atoms with Crippen molar-refractivity contribution in [2.24, 2.45) is 0 Å². The Balaban J connectivity index is 1.66. The normalized spacial score (nSPS) is 11.0. The quantitative estimate of drug-likeness (QED) is 0.280. The SMILES string of the molecule is O=C(Nc1ccccc1-c1cc2ccccc2c2ccccc12)c1ccc(Br)cc1. The zero-order valence-electron chi connectivity index (χ0n) is 16.1. The van der Waals surface area contributed by atoms with Crippen LogP contribution in [0.5, 0.6) is 0 Å². The molecule has 0 heterocycles. The van der Waals surface area contributed by atoms with Crippen molar-refractivity contribution in [2.45, 2.75) is 0 Å². The van der Waals surface area contributed by atoms with E-state index in [1.54, 1.807) is 0 Å². The molecule has 0 atom stereocenters. The standard InChI is InChI=1S/C27H18BrNO/c28-20-15-13-18(14-16-20)27(30)29-26-12-6-5-11-24(26)25-17-19-7-1-2-8-21(19)22-9-3-4-10-23(22)25/h1-17H,(H,29,30). The van der Waals surface area contributed by atoms with E-state index in [1.165, 1.54) is 21.5 Å². The Hall–Kier alpha value is -3.43. The molecule has 3 heteroatoms. The van der Waals surface area contributed by atoms with Gasteiger partial charge in [-0.15, -0.1) is 0 Å². The average Bonchev–Trinajstić information content (AvgIpc) is 2.79. The molecule has 0 unspecified atom stereocenters. The Morgan fingerprint density at radius 1 is 0.633 bits per heavy atom. The van der Waals surface area contributed by atoms with E-state index in [1.807, 2.05) is 42.5 Å². The van der Waals surface area contributed by atoms with Crippen LogP contribution in [0.15, 0.2) is 108 Å². The van der Waals surface area contributed by atoms with Gasteiger partial charge in [0.1, 0.15) is 0 Å². The Morgan fingerprint density at radius 2 is 1.27 bits per heavy atom. The molecule has 5 rings (SSSR count). The highest BCUT2D eigenvalue weighted by Gasteiger charge is 2.14. The zero-order valence-corrected chi connectivity index (χ0v) is 17.7. The number of para-hydroxylation sites is 1. The van der Waals surface area contributed by atoms with E-state index in [2.05, 4.69) is 81.9 Å². The molecule has 0 aromatic heterocycles. The van der Waals surface area contributed by atoms with Crippen LogP contribution >= 0.6 is 15.9 Å². The molecule has 144 valence electrons. The van der Waals surface area contributed by atoms with Crippen molar-refractivity contribution in [3.8, 4) is 11.1 Å². The second kappa shape index (κ2) is 7.77. The van der Waals surface area contributed by atoms with Gasteiger partial charge < -0.3 is 5.32 Å². The second-order valence-corrected chi connectivity index (χ2v) is 8.11. The molecule has 2 nitrogen and oxygen atoms in total. The van der Waals surface area contributed by atoms with E-state index >= 15 is 0 Å². The van der Waals surface area contributed by atoms with Crippen molar-refractivity contribution in [1.29, 1.82) is 0 Å². The molecule has 5 aromatic rings. The first-order valence-electron chi connectivity index (χ1n) is 9.77. The molecule has 30 heavy (non-hydrogen) atoms. The van der Waals surface area contributed by atoms with Crippen LogP contribution in [0, 0.1) is 0 Å². The van der Waals surface area contributed by atoms with Crippen LogP contribution in [0.25, 0.3) is 32.7 Å². The van der Waals surface area contributed by atoms with Crippen LogP contribution in [0.1, 0.15) is 10.4 Å². The number of anilines is 1. The molecule has 0 aliphatic carbocycles. The lowest BCUT2D eigenvalue weighted by Crippen LogP contribution is -2.12. The molecule has 1 N–H and O–H groups in total. The molecule has 0 spiro atoms. The summed E-state index contributed by atoms with van der Waals surface area (Å²) in [6, 6.07) is 34.4. The van der Waals surface area contributed by atoms with Gasteiger partial charge >= 0.3 is 0 Å². The van der Waals surface area contributed by atoms with Gasteiger partial charge in [-0.25, -0.2) is 0 Å². The lowest BCUT2D eigenvalue weighted by atomic mass is 9.92. The smallest absolute Gasteiger partial charge is 0.255 e. The maximum absolute atomic E-state index is 12.9. The molecule has 0 radical (unpaired) electrons. The summed E-state index contributed by atoms with van der Waals surface area (Å²) < 4.78 is 0.946. The highest BCUT2D eigenvalue weighted by molar-refractivity contribution is 9.10. The lowest BCUT2D eigenvalue weighted by Gasteiger charge is -2.15. The summed E-state index contributed by atoms with van der Waals surface area (Å²) in [5, 5.41) is 7.89. The van der Waals surface area contributed by atoms with Crippen LogP contribution in [0.2, 0.25) is 0 Å². The third-order valence-corrected chi connectivity index (χ3v) is 5.87. The van der Waals surface area contributed by atoms with E-state index < -0.39 is 0 Å². The van der Waals surface area contributed by atoms with Crippen molar-refractivity contribution < 1.29 is 4.79 Å². The maximum atomic E-state index is 12.9. The van der Waals surface area contributed by atoms with Crippen molar-refractivity contribution in [3.63, 3.8) is 0 Å². The summed E-state index contributed by atoms with van der Waals surface area (Å²) in [5.74, 6) is -0.125. The summed E-state index contributed by atoms with van der Waals surface area (Å²) in [6.45, 7) is 0. The van der Waals surface area contributed by atoms with Crippen LogP contribution < -0.4 is 5.32 Å². The van der Waals surface area contributed by atoms with Gasteiger partial charge in [-0.1, -0.05) is 82.7 Å². The van der Waals surface area contributed by atoms with Gasteiger partial charge in [0.2, 0.25) is 0 Å². The maximum Gasteiger partial charge on any atom is 0.255 e. The molecular formula is C27H18BrNO. The summed E-state index contributed by atoms with van der Waals surface area (Å²) in [4.78, 5) is 12.9. The molecule has 0 aliphatic rings. The minimum Gasteiger partial charge on any atom is -0.321 e. The average molecular weight is 452 g/mol. The highest BCUT2D eigenvalue weighted by Crippen LogP contribution is 2.38.